The molecule has 1 heterocycles. The molecule has 2 rings (SSSR count). The Morgan fingerprint density at radius 3 is 2.71 bits per heavy atom. The minimum Gasteiger partial charge on any atom is -0.481 e. The average molecular weight is 330 g/mol. The van der Waals surface area contributed by atoms with Crippen molar-refractivity contribution in [2.75, 3.05) is 13.1 Å². The van der Waals surface area contributed by atoms with E-state index in [4.69, 9.17) is 28.3 Å². The van der Waals surface area contributed by atoms with E-state index >= 15 is 0 Å². The van der Waals surface area contributed by atoms with Gasteiger partial charge in [0.05, 0.1) is 16.5 Å². The summed E-state index contributed by atoms with van der Waals surface area (Å²) in [7, 11) is 0. The lowest BCUT2D eigenvalue weighted by molar-refractivity contribution is -0.140. The topological polar surface area (TPSA) is 57.6 Å². The molecule has 1 saturated heterocycles. The smallest absolute Gasteiger partial charge is 0.303 e. The molecule has 1 aromatic rings. The standard InChI is InChI=1S/C15H17Cl2NO3/c16-12-4-3-10(6-13(12)17)7-14(19)18-5-1-2-11(9-18)8-15(20)21/h3-4,6,11H,1-2,5,7-9H2,(H,20,21). The number of benzene rings is 1. The number of rotatable bonds is 4. The zero-order chi connectivity index (χ0) is 15.4. The van der Waals surface area contributed by atoms with Crippen LogP contribution in [0.2, 0.25) is 10.0 Å². The number of amides is 1. The summed E-state index contributed by atoms with van der Waals surface area (Å²) >= 11 is 11.8. The van der Waals surface area contributed by atoms with Crippen LogP contribution in [-0.2, 0) is 16.0 Å². The van der Waals surface area contributed by atoms with Crippen molar-refractivity contribution >= 4 is 35.1 Å². The third kappa shape index (κ3) is 4.61. The number of likely N-dealkylation sites (tertiary alicyclic amines) is 1. The Morgan fingerprint density at radius 2 is 2.05 bits per heavy atom. The molecule has 6 heteroatoms. The summed E-state index contributed by atoms with van der Waals surface area (Å²) in [5.74, 6) is -0.753. The van der Waals surface area contributed by atoms with Crippen LogP contribution in [0, 0.1) is 5.92 Å². The van der Waals surface area contributed by atoms with Gasteiger partial charge >= 0.3 is 5.97 Å². The number of piperidine rings is 1. The van der Waals surface area contributed by atoms with E-state index in [1.54, 1.807) is 23.1 Å². The first-order valence-corrected chi connectivity index (χ1v) is 7.65. The van der Waals surface area contributed by atoms with E-state index < -0.39 is 5.97 Å². The normalized spacial score (nSPS) is 18.6. The number of halogens is 2. The van der Waals surface area contributed by atoms with Gasteiger partial charge in [-0.05, 0) is 36.5 Å². The fourth-order valence-electron chi connectivity index (χ4n) is 2.64. The molecule has 1 amide bonds. The lowest BCUT2D eigenvalue weighted by Gasteiger charge is -2.32. The summed E-state index contributed by atoms with van der Waals surface area (Å²) in [4.78, 5) is 24.8. The van der Waals surface area contributed by atoms with E-state index in [1.165, 1.54) is 0 Å². The van der Waals surface area contributed by atoms with Crippen LogP contribution in [0.4, 0.5) is 0 Å². The number of carboxylic acids is 1. The van der Waals surface area contributed by atoms with Crippen LogP contribution in [0.3, 0.4) is 0 Å². The third-order valence-electron chi connectivity index (χ3n) is 3.67. The van der Waals surface area contributed by atoms with Crippen LogP contribution < -0.4 is 0 Å². The maximum Gasteiger partial charge on any atom is 0.303 e. The van der Waals surface area contributed by atoms with Gasteiger partial charge in [0.1, 0.15) is 0 Å². The number of hydrogen-bond acceptors (Lipinski definition) is 2. The highest BCUT2D eigenvalue weighted by Crippen LogP contribution is 2.24. The van der Waals surface area contributed by atoms with E-state index in [0.29, 0.717) is 23.1 Å². The summed E-state index contributed by atoms with van der Waals surface area (Å²) in [6.45, 7) is 1.21. The summed E-state index contributed by atoms with van der Waals surface area (Å²) in [5, 5.41) is 9.75. The molecule has 0 radical (unpaired) electrons. The van der Waals surface area contributed by atoms with Crippen molar-refractivity contribution in [3.8, 4) is 0 Å². The van der Waals surface area contributed by atoms with E-state index in [0.717, 1.165) is 18.4 Å². The van der Waals surface area contributed by atoms with Crippen molar-refractivity contribution in [3.05, 3.63) is 33.8 Å². The molecule has 21 heavy (non-hydrogen) atoms. The minimum absolute atomic E-state index is 0.00322. The van der Waals surface area contributed by atoms with Gasteiger partial charge in [-0.25, -0.2) is 0 Å². The van der Waals surface area contributed by atoms with Crippen LogP contribution in [0.5, 0.6) is 0 Å². The first-order chi connectivity index (χ1) is 9.95. The second-order valence-electron chi connectivity index (χ2n) is 5.37. The minimum atomic E-state index is -0.807. The Labute approximate surface area is 133 Å². The summed E-state index contributed by atoms with van der Waals surface area (Å²) in [6, 6.07) is 5.15. The van der Waals surface area contributed by atoms with Crippen molar-refractivity contribution in [1.29, 1.82) is 0 Å². The molecule has 0 spiro atoms. The molecular formula is C15H17Cl2NO3. The maximum absolute atomic E-state index is 12.3. The molecule has 114 valence electrons. The van der Waals surface area contributed by atoms with Gasteiger partial charge < -0.3 is 10.0 Å². The Bertz CT molecular complexity index is 548. The van der Waals surface area contributed by atoms with Gasteiger partial charge in [0, 0.05) is 19.5 Å². The van der Waals surface area contributed by atoms with Crippen LogP contribution in [0.1, 0.15) is 24.8 Å². The highest BCUT2D eigenvalue weighted by molar-refractivity contribution is 6.42. The maximum atomic E-state index is 12.3. The van der Waals surface area contributed by atoms with Crippen LogP contribution in [0.15, 0.2) is 18.2 Å². The largest absolute Gasteiger partial charge is 0.481 e. The third-order valence-corrected chi connectivity index (χ3v) is 4.41. The zero-order valence-electron chi connectivity index (χ0n) is 11.5. The lowest BCUT2D eigenvalue weighted by atomic mass is 9.94. The number of hydrogen-bond donors (Lipinski definition) is 1. The molecule has 1 aromatic carbocycles. The predicted molar refractivity (Wildman–Crippen MR) is 81.7 cm³/mol. The highest BCUT2D eigenvalue weighted by Gasteiger charge is 2.25. The SMILES string of the molecule is O=C(O)CC1CCCN(C(=O)Cc2ccc(Cl)c(Cl)c2)C1. The molecular weight excluding hydrogens is 313 g/mol. The van der Waals surface area contributed by atoms with Gasteiger partial charge in [-0.2, -0.15) is 0 Å². The molecule has 0 saturated carbocycles. The van der Waals surface area contributed by atoms with Gasteiger partial charge in [0.15, 0.2) is 0 Å². The summed E-state index contributed by atoms with van der Waals surface area (Å²) in [6.07, 6.45) is 2.10. The first-order valence-electron chi connectivity index (χ1n) is 6.89. The molecule has 0 bridgehead atoms. The molecule has 1 N–H and O–H groups in total. The van der Waals surface area contributed by atoms with Crippen LogP contribution in [-0.4, -0.2) is 35.0 Å². The molecule has 4 nitrogen and oxygen atoms in total. The van der Waals surface area contributed by atoms with Crippen LogP contribution >= 0.6 is 23.2 Å². The van der Waals surface area contributed by atoms with Crippen molar-refractivity contribution in [3.63, 3.8) is 0 Å². The van der Waals surface area contributed by atoms with Gasteiger partial charge in [-0.1, -0.05) is 29.3 Å². The average Bonchev–Trinajstić information content (AvgIpc) is 2.42. The number of carboxylic acid groups (broad SMARTS) is 1. The lowest BCUT2D eigenvalue weighted by Crippen LogP contribution is -2.41. The molecule has 1 unspecified atom stereocenters. The first kappa shape index (κ1) is 16.1. The Hall–Kier alpha value is -1.26. The van der Waals surface area contributed by atoms with Gasteiger partial charge in [-0.15, -0.1) is 0 Å². The molecule has 0 aliphatic carbocycles. The monoisotopic (exact) mass is 329 g/mol. The van der Waals surface area contributed by atoms with Crippen LogP contribution in [0.25, 0.3) is 0 Å². The molecule has 1 atom stereocenters. The van der Waals surface area contributed by atoms with E-state index in [1.807, 2.05) is 0 Å². The number of nitrogens with zero attached hydrogens (tertiary/aromatic N) is 1. The second kappa shape index (κ2) is 7.14. The fraction of sp³-hybridized carbons (Fsp3) is 0.467. The van der Waals surface area contributed by atoms with Crippen molar-refractivity contribution in [2.45, 2.75) is 25.7 Å². The Kier molecular flexibility index (Phi) is 5.48. The van der Waals surface area contributed by atoms with Gasteiger partial charge in [0.2, 0.25) is 5.91 Å². The van der Waals surface area contributed by atoms with Crippen molar-refractivity contribution in [2.24, 2.45) is 5.92 Å². The molecule has 0 aromatic heterocycles. The number of carbonyl (C=O) groups is 2. The van der Waals surface area contributed by atoms with E-state index in [2.05, 4.69) is 0 Å². The Morgan fingerprint density at radius 1 is 1.29 bits per heavy atom. The Balaban J connectivity index is 1.96. The van der Waals surface area contributed by atoms with Crippen molar-refractivity contribution in [1.82, 2.24) is 4.90 Å². The fourth-order valence-corrected chi connectivity index (χ4v) is 2.96. The predicted octanol–water partition coefficient (Wildman–Crippen LogP) is 3.25. The summed E-state index contributed by atoms with van der Waals surface area (Å²) < 4.78 is 0. The van der Waals surface area contributed by atoms with Gasteiger partial charge in [-0.3, -0.25) is 9.59 Å². The quantitative estimate of drug-likeness (QED) is 0.922. The van der Waals surface area contributed by atoms with Gasteiger partial charge in [0.25, 0.3) is 0 Å². The second-order valence-corrected chi connectivity index (χ2v) is 6.19. The molecule has 1 fully saturated rings. The zero-order valence-corrected chi connectivity index (χ0v) is 13.0. The van der Waals surface area contributed by atoms with E-state index in [-0.39, 0.29) is 24.7 Å². The highest BCUT2D eigenvalue weighted by atomic mass is 35.5. The summed E-state index contributed by atoms with van der Waals surface area (Å²) in [5.41, 5.74) is 0.815. The molecule has 1 aliphatic rings. The van der Waals surface area contributed by atoms with E-state index in [9.17, 15) is 9.59 Å². The molecule has 1 aliphatic heterocycles. The number of carbonyl (C=O) groups excluding carboxylic acids is 1. The number of aliphatic carboxylic acids is 1. The van der Waals surface area contributed by atoms with Crippen molar-refractivity contribution < 1.29 is 14.7 Å².